The summed E-state index contributed by atoms with van der Waals surface area (Å²) in [6.45, 7) is 4.66. The smallest absolute Gasteiger partial charge is 0.192 e. The maximum Gasteiger partial charge on any atom is 0.413 e. The quantitative estimate of drug-likeness (QED) is 0.775. The van der Waals surface area contributed by atoms with Crippen molar-refractivity contribution in [2.24, 2.45) is 0 Å². The fraction of sp³-hybridized carbons (Fsp3) is 0.500. The van der Waals surface area contributed by atoms with Gasteiger partial charge in [0.15, 0.2) is 6.16 Å². The first-order chi connectivity index (χ1) is 8.13. The Hall–Kier alpha value is -0.0400. The first-order valence-corrected chi connectivity index (χ1v) is 8.39. The van der Waals surface area contributed by atoms with Gasteiger partial charge in [-0.25, -0.2) is 0 Å². The average molecular weight is 275 g/mol. The van der Waals surface area contributed by atoms with E-state index in [4.69, 9.17) is 9.05 Å². The summed E-state index contributed by atoms with van der Waals surface area (Å²) in [4.78, 5) is 10.3. The average Bonchev–Trinajstić information content (AvgIpc) is 2.30. The summed E-state index contributed by atoms with van der Waals surface area (Å²) in [6.07, 6.45) is 1.39. The van der Waals surface area contributed by atoms with Gasteiger partial charge in [0.1, 0.15) is 0 Å². The van der Waals surface area contributed by atoms with Crippen LogP contribution in [0.5, 0.6) is 0 Å². The number of hydrogen-bond donors (Lipinski definition) is 1. The molecule has 1 aromatic carbocycles. The zero-order valence-electron chi connectivity index (χ0n) is 10.4. The molecular weight excluding hydrogens is 254 g/mol. The summed E-state index contributed by atoms with van der Waals surface area (Å²) in [5, 5.41) is 0. The van der Waals surface area contributed by atoms with Crippen molar-refractivity contribution in [2.45, 2.75) is 26.2 Å². The fourth-order valence-electron chi connectivity index (χ4n) is 1.54. The van der Waals surface area contributed by atoms with Crippen LogP contribution in [0, 0.1) is 0 Å². The van der Waals surface area contributed by atoms with E-state index in [-0.39, 0.29) is 0 Å². The molecule has 3 nitrogen and oxygen atoms in total. The lowest BCUT2D eigenvalue weighted by atomic mass is 10.2. The normalized spacial score (nSPS) is 11.8. The SMILES string of the molecule is CCO[P+](O)(Cc1ccc(CP)cc1)OCC. The molecule has 1 unspecified atom stereocenters. The molecule has 0 heterocycles. The van der Waals surface area contributed by atoms with Gasteiger partial charge in [0.05, 0.1) is 13.2 Å². The van der Waals surface area contributed by atoms with Crippen LogP contribution in [-0.4, -0.2) is 18.1 Å². The van der Waals surface area contributed by atoms with Gasteiger partial charge in [-0.05, 0) is 31.1 Å². The molecule has 96 valence electrons. The van der Waals surface area contributed by atoms with Gasteiger partial charge in [-0.15, -0.1) is 9.24 Å². The zero-order chi connectivity index (χ0) is 12.7. The van der Waals surface area contributed by atoms with Crippen LogP contribution in [0.1, 0.15) is 25.0 Å². The highest BCUT2D eigenvalue weighted by molar-refractivity contribution is 7.59. The van der Waals surface area contributed by atoms with Gasteiger partial charge >= 0.3 is 7.94 Å². The molecular formula is C12H21O3P2+. The molecule has 1 atom stereocenters. The predicted octanol–water partition coefficient (Wildman–Crippen LogP) is 3.39. The molecule has 0 saturated carbocycles. The maximum absolute atomic E-state index is 10.3. The highest BCUT2D eigenvalue weighted by Crippen LogP contribution is 2.59. The minimum absolute atomic E-state index is 0.450. The molecule has 5 heteroatoms. The number of benzene rings is 1. The molecule has 0 aliphatic rings. The molecule has 0 amide bonds. The van der Waals surface area contributed by atoms with Gasteiger partial charge in [-0.1, -0.05) is 24.3 Å². The molecule has 0 fully saturated rings. The number of hydrogen-bond acceptors (Lipinski definition) is 3. The largest absolute Gasteiger partial charge is 0.413 e. The van der Waals surface area contributed by atoms with Gasteiger partial charge in [-0.2, -0.15) is 13.9 Å². The molecule has 17 heavy (non-hydrogen) atoms. The number of rotatable bonds is 7. The van der Waals surface area contributed by atoms with E-state index in [9.17, 15) is 4.89 Å². The highest BCUT2D eigenvalue weighted by Gasteiger charge is 2.39. The molecule has 1 rings (SSSR count). The van der Waals surface area contributed by atoms with Crippen LogP contribution in [0.25, 0.3) is 0 Å². The minimum atomic E-state index is -2.72. The van der Waals surface area contributed by atoms with Gasteiger partial charge in [-0.3, -0.25) is 0 Å². The highest BCUT2D eigenvalue weighted by atomic mass is 31.2. The molecule has 1 aromatic rings. The Morgan fingerprint density at radius 2 is 1.53 bits per heavy atom. The van der Waals surface area contributed by atoms with Crippen molar-refractivity contribution in [2.75, 3.05) is 13.2 Å². The summed E-state index contributed by atoms with van der Waals surface area (Å²) >= 11 is 0. The van der Waals surface area contributed by atoms with E-state index in [2.05, 4.69) is 21.4 Å². The van der Waals surface area contributed by atoms with Crippen LogP contribution < -0.4 is 0 Å². The Balaban J connectivity index is 2.71. The molecule has 0 spiro atoms. The fourth-order valence-corrected chi connectivity index (χ4v) is 3.55. The van der Waals surface area contributed by atoms with E-state index in [1.807, 2.05) is 26.0 Å². The summed E-state index contributed by atoms with van der Waals surface area (Å²) in [5.41, 5.74) is 2.30. The standard InChI is InChI=1S/C12H21O3P2/c1-3-14-17(13,15-4-2)10-12-7-5-11(9-16)6-8-12/h5-8,13H,3-4,9-10,16H2,1-2H3/q+1. The van der Waals surface area contributed by atoms with Crippen molar-refractivity contribution in [1.82, 2.24) is 0 Å². The molecule has 1 N–H and O–H groups in total. The van der Waals surface area contributed by atoms with Gasteiger partial charge in [0.25, 0.3) is 0 Å². The van der Waals surface area contributed by atoms with Gasteiger partial charge in [0.2, 0.25) is 0 Å². The topological polar surface area (TPSA) is 38.7 Å². The molecule has 0 saturated heterocycles. The first-order valence-electron chi connectivity index (χ1n) is 5.81. The molecule has 0 bridgehead atoms. The van der Waals surface area contributed by atoms with E-state index in [0.29, 0.717) is 19.4 Å². The maximum atomic E-state index is 10.3. The van der Waals surface area contributed by atoms with Crippen LogP contribution in [0.3, 0.4) is 0 Å². The second-order valence-corrected chi connectivity index (χ2v) is 6.17. The molecule has 0 radical (unpaired) electrons. The van der Waals surface area contributed by atoms with E-state index in [1.54, 1.807) is 0 Å². The van der Waals surface area contributed by atoms with Crippen molar-refractivity contribution in [3.05, 3.63) is 35.4 Å². The molecule has 0 aromatic heterocycles. The van der Waals surface area contributed by atoms with Crippen molar-refractivity contribution >= 4 is 17.2 Å². The third-order valence-electron chi connectivity index (χ3n) is 2.30. The van der Waals surface area contributed by atoms with Crippen LogP contribution >= 0.6 is 17.2 Å². The second kappa shape index (κ2) is 7.41. The summed E-state index contributed by atoms with van der Waals surface area (Å²) in [6, 6.07) is 8.15. The van der Waals surface area contributed by atoms with E-state index in [1.165, 1.54) is 5.56 Å². The lowest BCUT2D eigenvalue weighted by Crippen LogP contribution is -2.05. The Morgan fingerprint density at radius 1 is 1.06 bits per heavy atom. The second-order valence-electron chi connectivity index (χ2n) is 3.65. The van der Waals surface area contributed by atoms with Crippen molar-refractivity contribution < 1.29 is 13.9 Å². The zero-order valence-corrected chi connectivity index (χ0v) is 12.5. The summed E-state index contributed by atoms with van der Waals surface area (Å²) < 4.78 is 10.7. The minimum Gasteiger partial charge on any atom is -0.192 e. The predicted molar refractivity (Wildman–Crippen MR) is 76.0 cm³/mol. The Morgan fingerprint density at radius 3 is 1.94 bits per heavy atom. The van der Waals surface area contributed by atoms with Crippen LogP contribution in [0.2, 0.25) is 0 Å². The van der Waals surface area contributed by atoms with Crippen molar-refractivity contribution in [3.8, 4) is 0 Å². The van der Waals surface area contributed by atoms with Crippen molar-refractivity contribution in [3.63, 3.8) is 0 Å². The van der Waals surface area contributed by atoms with Crippen LogP contribution in [0.15, 0.2) is 24.3 Å². The monoisotopic (exact) mass is 275 g/mol. The first kappa shape index (κ1) is 15.0. The van der Waals surface area contributed by atoms with Crippen LogP contribution in [-0.2, 0) is 21.4 Å². The van der Waals surface area contributed by atoms with Crippen molar-refractivity contribution in [1.29, 1.82) is 0 Å². The Labute approximate surface area is 106 Å². The molecule has 0 aliphatic carbocycles. The van der Waals surface area contributed by atoms with E-state index >= 15 is 0 Å². The lowest BCUT2D eigenvalue weighted by Gasteiger charge is -2.15. The van der Waals surface area contributed by atoms with E-state index in [0.717, 1.165) is 11.7 Å². The van der Waals surface area contributed by atoms with E-state index < -0.39 is 7.94 Å². The van der Waals surface area contributed by atoms with Gasteiger partial charge in [0, 0.05) is 0 Å². The molecule has 0 aliphatic heterocycles. The third kappa shape index (κ3) is 4.99. The summed E-state index contributed by atoms with van der Waals surface area (Å²) in [7, 11) is -0.0284. The van der Waals surface area contributed by atoms with Gasteiger partial charge < -0.3 is 0 Å². The Bertz CT molecular complexity index is 321. The lowest BCUT2D eigenvalue weighted by molar-refractivity contribution is 0.188. The Kier molecular flexibility index (Phi) is 6.54. The summed E-state index contributed by atoms with van der Waals surface area (Å²) in [5.74, 6) is 0. The third-order valence-corrected chi connectivity index (χ3v) is 4.86. The van der Waals surface area contributed by atoms with Crippen LogP contribution in [0.4, 0.5) is 0 Å².